The molecule has 4 rings (SSSR count). The third-order valence-corrected chi connectivity index (χ3v) is 7.83. The summed E-state index contributed by atoms with van der Waals surface area (Å²) in [7, 11) is 0.974. The molecule has 0 saturated heterocycles. The monoisotopic (exact) mass is 541 g/mol. The number of nitrogens with one attached hydrogen (secondary N) is 2. The molecule has 2 aromatic heterocycles. The number of methoxy groups -OCH3 is 3. The lowest BCUT2D eigenvalue weighted by Crippen LogP contribution is -2.33. The molecule has 0 radical (unpaired) electrons. The quantitative estimate of drug-likeness (QED) is 0.387. The Balaban J connectivity index is 1.55. The second-order valence-corrected chi connectivity index (χ2v) is 10.8. The molecule has 11 nitrogen and oxygen atoms in total. The fourth-order valence-electron chi connectivity index (χ4n) is 4.28. The molecular weight excluding hydrogens is 510 g/mol. The third kappa shape index (κ3) is 5.91. The number of nitrogens with zero attached hydrogens (tertiary/aromatic N) is 3. The second kappa shape index (κ2) is 11.1. The molecular formula is C26H31N5O6S. The van der Waals surface area contributed by atoms with E-state index in [0.717, 1.165) is 16.8 Å². The summed E-state index contributed by atoms with van der Waals surface area (Å²) in [5.74, 6) is 2.54. The van der Waals surface area contributed by atoms with Gasteiger partial charge in [0.05, 0.1) is 27.0 Å². The molecule has 38 heavy (non-hydrogen) atoms. The van der Waals surface area contributed by atoms with E-state index in [9.17, 15) is 8.42 Å². The number of aromatic nitrogens is 3. The minimum Gasteiger partial charge on any atom is -0.493 e. The van der Waals surface area contributed by atoms with Crippen LogP contribution in [0, 0.1) is 19.8 Å². The number of allylic oxidation sites excluding steroid dienone is 2. The van der Waals surface area contributed by atoms with E-state index < -0.39 is 15.3 Å². The van der Waals surface area contributed by atoms with E-state index in [1.807, 2.05) is 38.1 Å². The number of ether oxygens (including phenoxy) is 3. The van der Waals surface area contributed by atoms with E-state index >= 15 is 0 Å². The maximum Gasteiger partial charge on any atom is 0.241 e. The number of aryl methyl sites for hydroxylation is 2. The topological polar surface area (TPSA) is 138 Å². The maximum atomic E-state index is 12.9. The molecule has 1 aliphatic rings. The first-order valence-corrected chi connectivity index (χ1v) is 13.4. The lowest BCUT2D eigenvalue weighted by Gasteiger charge is -2.24. The van der Waals surface area contributed by atoms with Crippen LogP contribution in [0.1, 0.15) is 29.5 Å². The van der Waals surface area contributed by atoms with Gasteiger partial charge in [0, 0.05) is 23.7 Å². The number of hydrogen-bond acceptors (Lipinski definition) is 10. The van der Waals surface area contributed by atoms with Gasteiger partial charge in [0.2, 0.25) is 15.8 Å². The minimum absolute atomic E-state index is 0.155. The van der Waals surface area contributed by atoms with E-state index in [1.54, 1.807) is 40.4 Å². The van der Waals surface area contributed by atoms with Gasteiger partial charge >= 0.3 is 0 Å². The highest BCUT2D eigenvalue weighted by Crippen LogP contribution is 2.39. The molecule has 0 saturated carbocycles. The largest absolute Gasteiger partial charge is 0.493 e. The maximum absolute atomic E-state index is 12.9. The van der Waals surface area contributed by atoms with Gasteiger partial charge in [-0.05, 0) is 49.6 Å². The van der Waals surface area contributed by atoms with Crippen molar-refractivity contribution in [3.63, 3.8) is 0 Å². The molecule has 12 heteroatoms. The van der Waals surface area contributed by atoms with Crippen LogP contribution < -0.4 is 24.2 Å². The van der Waals surface area contributed by atoms with Crippen LogP contribution in [0.15, 0.2) is 52.7 Å². The van der Waals surface area contributed by atoms with E-state index in [-0.39, 0.29) is 11.7 Å². The Bertz CT molecular complexity index is 1460. The van der Waals surface area contributed by atoms with Crippen LogP contribution in [0.3, 0.4) is 0 Å². The van der Waals surface area contributed by atoms with Gasteiger partial charge in [-0.25, -0.2) is 8.42 Å². The molecule has 0 fully saturated rings. The van der Waals surface area contributed by atoms with Gasteiger partial charge in [0.25, 0.3) is 0 Å². The molecule has 2 heterocycles. The summed E-state index contributed by atoms with van der Waals surface area (Å²) in [5.41, 5.74) is 3.30. The number of sulfonamides is 1. The van der Waals surface area contributed by atoms with Gasteiger partial charge in [-0.15, -0.1) is 5.10 Å². The lowest BCUT2D eigenvalue weighted by molar-refractivity contribution is 0.324. The van der Waals surface area contributed by atoms with Gasteiger partial charge in [0.1, 0.15) is 11.0 Å². The molecule has 0 spiro atoms. The van der Waals surface area contributed by atoms with Crippen LogP contribution in [0.25, 0.3) is 0 Å². The summed E-state index contributed by atoms with van der Waals surface area (Å²) < 4.78 is 49.7. The Morgan fingerprint density at radius 2 is 1.71 bits per heavy atom. The highest BCUT2D eigenvalue weighted by atomic mass is 32.2. The molecule has 3 aromatic rings. The van der Waals surface area contributed by atoms with Gasteiger partial charge in [-0.3, -0.25) is 4.72 Å². The molecule has 0 aliphatic heterocycles. The van der Waals surface area contributed by atoms with E-state index in [0.29, 0.717) is 40.9 Å². The fraction of sp³-hybridized carbons (Fsp3) is 0.346. The van der Waals surface area contributed by atoms with Crippen molar-refractivity contribution < 1.29 is 27.2 Å². The first-order chi connectivity index (χ1) is 18.1. The molecule has 0 bridgehead atoms. The van der Waals surface area contributed by atoms with Crippen molar-refractivity contribution in [1.29, 1.82) is 0 Å². The summed E-state index contributed by atoms with van der Waals surface area (Å²) in [5, 5.41) is 14.8. The predicted molar refractivity (Wildman–Crippen MR) is 143 cm³/mol. The van der Waals surface area contributed by atoms with E-state index in [2.05, 4.69) is 25.4 Å². The number of anilines is 2. The van der Waals surface area contributed by atoms with E-state index in [4.69, 9.17) is 18.7 Å². The summed E-state index contributed by atoms with van der Waals surface area (Å²) >= 11 is 0. The van der Waals surface area contributed by atoms with Crippen molar-refractivity contribution in [1.82, 2.24) is 15.4 Å². The highest BCUT2D eigenvalue weighted by Gasteiger charge is 2.31. The van der Waals surface area contributed by atoms with Crippen molar-refractivity contribution in [3.8, 4) is 17.2 Å². The third-order valence-electron chi connectivity index (χ3n) is 6.04. The Labute approximate surface area is 221 Å². The fourth-order valence-corrected chi connectivity index (χ4v) is 5.73. The summed E-state index contributed by atoms with van der Waals surface area (Å²) in [6, 6.07) is 7.26. The van der Waals surface area contributed by atoms with Gasteiger partial charge in [-0.1, -0.05) is 24.2 Å². The second-order valence-electron chi connectivity index (χ2n) is 8.97. The normalized spacial score (nSPS) is 17.1. The minimum atomic E-state index is -3.74. The average Bonchev–Trinajstić information content (AvgIpc) is 3.28. The summed E-state index contributed by atoms with van der Waals surface area (Å²) in [4.78, 5) is 0. The number of hydrogen-bond donors (Lipinski definition) is 2. The van der Waals surface area contributed by atoms with Crippen LogP contribution in [0.5, 0.6) is 17.2 Å². The zero-order valence-electron chi connectivity index (χ0n) is 22.1. The zero-order valence-corrected chi connectivity index (χ0v) is 22.9. The highest BCUT2D eigenvalue weighted by molar-refractivity contribution is 7.93. The van der Waals surface area contributed by atoms with Crippen LogP contribution in [-0.2, 0) is 16.4 Å². The molecule has 1 aromatic carbocycles. The smallest absolute Gasteiger partial charge is 0.241 e. The Hall–Kier alpha value is -4.06. The van der Waals surface area contributed by atoms with Gasteiger partial charge < -0.3 is 24.1 Å². The standard InChI is InChI=1S/C26H31N5O6S/c1-15-9-20(7-8-23(15)38(32,33)31-24-11-17(3)37-30-24)27-26-19(10-16(2)28-29-26)12-18-13-21(34-4)25(36-6)22(14-18)35-5/h7-11,13-15,23H,12H2,1-6H3,(H,27,29)(H,30,31). The molecule has 2 atom stereocenters. The van der Waals surface area contributed by atoms with Gasteiger partial charge in [-0.2, -0.15) is 5.10 Å². The van der Waals surface area contributed by atoms with Crippen LogP contribution in [0.4, 0.5) is 11.6 Å². The first kappa shape index (κ1) is 27.0. The zero-order chi connectivity index (χ0) is 27.4. The summed E-state index contributed by atoms with van der Waals surface area (Å²) in [6.45, 7) is 5.40. The SMILES string of the molecule is COc1cc(Cc2cc(C)nnc2NC2=CC(C)C(S(=O)(=O)Nc3cc(C)on3)C=C2)cc(OC)c1OC. The predicted octanol–water partition coefficient (Wildman–Crippen LogP) is 4.01. The van der Waals surface area contributed by atoms with Crippen LogP contribution >= 0.6 is 0 Å². The molecule has 1 aliphatic carbocycles. The summed E-state index contributed by atoms with van der Waals surface area (Å²) in [6.07, 6.45) is 5.73. The van der Waals surface area contributed by atoms with Crippen LogP contribution in [-0.4, -0.2) is 50.4 Å². The number of rotatable bonds is 10. The van der Waals surface area contributed by atoms with Crippen molar-refractivity contribution in [3.05, 3.63) is 70.8 Å². The van der Waals surface area contributed by atoms with Crippen LogP contribution in [0.2, 0.25) is 0 Å². The Kier molecular flexibility index (Phi) is 7.91. The van der Waals surface area contributed by atoms with Crippen molar-refractivity contribution >= 4 is 21.7 Å². The Morgan fingerprint density at radius 1 is 1.00 bits per heavy atom. The van der Waals surface area contributed by atoms with Crippen molar-refractivity contribution in [2.75, 3.05) is 31.4 Å². The molecule has 0 amide bonds. The first-order valence-electron chi connectivity index (χ1n) is 11.9. The average molecular weight is 542 g/mol. The van der Waals surface area contributed by atoms with Gasteiger partial charge in [0.15, 0.2) is 23.1 Å². The molecule has 2 N–H and O–H groups in total. The lowest BCUT2D eigenvalue weighted by atomic mass is 10.00. The Morgan fingerprint density at radius 3 is 2.29 bits per heavy atom. The van der Waals surface area contributed by atoms with Crippen molar-refractivity contribution in [2.24, 2.45) is 5.92 Å². The molecule has 2 unspecified atom stereocenters. The van der Waals surface area contributed by atoms with Crippen molar-refractivity contribution in [2.45, 2.75) is 32.4 Å². The van der Waals surface area contributed by atoms with E-state index in [1.165, 1.54) is 6.07 Å². The number of benzene rings is 1. The molecule has 202 valence electrons.